The average Bonchev–Trinajstić information content (AvgIpc) is 3.28. The van der Waals surface area contributed by atoms with Crippen molar-refractivity contribution >= 4 is 34.1 Å². The summed E-state index contributed by atoms with van der Waals surface area (Å²) in [5.74, 6) is 3.05. The van der Waals surface area contributed by atoms with Crippen molar-refractivity contribution < 1.29 is 0 Å². The van der Waals surface area contributed by atoms with E-state index in [-0.39, 0.29) is 0 Å². The van der Waals surface area contributed by atoms with Crippen LogP contribution in [0.15, 0.2) is 212 Å². The fourth-order valence-electron chi connectivity index (χ4n) is 12.3. The Morgan fingerprint density at radius 1 is 0.288 bits per heavy atom. The molecule has 4 saturated carbocycles. The predicted molar refractivity (Wildman–Crippen MR) is 245 cm³/mol. The summed E-state index contributed by atoms with van der Waals surface area (Å²) < 4.78 is 0. The molecular formula is C57H46N2. The molecule has 4 aliphatic carbocycles. The highest BCUT2D eigenvalue weighted by atomic mass is 15.1. The molecule has 8 aromatic rings. The molecule has 0 aliphatic heterocycles. The minimum absolute atomic E-state index is 0.480. The van der Waals surface area contributed by atoms with Crippen LogP contribution < -0.4 is 9.80 Å². The number of anilines is 6. The van der Waals surface area contributed by atoms with Crippen molar-refractivity contribution in [1.29, 1.82) is 0 Å². The van der Waals surface area contributed by atoms with Gasteiger partial charge in [-0.2, -0.15) is 0 Å². The minimum atomic E-state index is 0.480. The van der Waals surface area contributed by atoms with Gasteiger partial charge in [0.25, 0.3) is 0 Å². The maximum absolute atomic E-state index is 2.47. The van der Waals surface area contributed by atoms with Gasteiger partial charge in [-0.3, -0.25) is 0 Å². The van der Waals surface area contributed by atoms with Gasteiger partial charge in [0.15, 0.2) is 0 Å². The van der Waals surface area contributed by atoms with Crippen molar-refractivity contribution in [2.75, 3.05) is 9.80 Å². The van der Waals surface area contributed by atoms with Gasteiger partial charge >= 0.3 is 0 Å². The fourth-order valence-corrected chi connectivity index (χ4v) is 12.3. The lowest BCUT2D eigenvalue weighted by Crippen LogP contribution is -2.87. The Hall–Kier alpha value is -6.64. The van der Waals surface area contributed by atoms with Crippen molar-refractivity contribution in [2.24, 2.45) is 23.2 Å². The number of nitrogens with zero attached hydrogens (tertiary/aromatic N) is 2. The molecule has 0 amide bonds. The largest absolute Gasteiger partial charge is 0.311 e. The molecule has 284 valence electrons. The van der Waals surface area contributed by atoms with Crippen LogP contribution in [0.5, 0.6) is 0 Å². The summed E-state index contributed by atoms with van der Waals surface area (Å²) in [6.07, 6.45) is 5.85. The van der Waals surface area contributed by atoms with Gasteiger partial charge in [-0.1, -0.05) is 140 Å². The fraction of sp³-hybridized carbons (Fsp3) is 0.158. The second kappa shape index (κ2) is 13.5. The Kier molecular flexibility index (Phi) is 7.85. The quantitative estimate of drug-likeness (QED) is 0.137. The Morgan fingerprint density at radius 3 is 0.898 bits per heavy atom. The highest BCUT2D eigenvalue weighted by Crippen LogP contribution is 2.92. The van der Waals surface area contributed by atoms with Crippen LogP contribution in [0.1, 0.15) is 31.2 Å². The average molecular weight is 759 g/mol. The maximum atomic E-state index is 2.47. The molecule has 0 radical (unpaired) electrons. The summed E-state index contributed by atoms with van der Waals surface area (Å²) in [5, 5.41) is 0. The van der Waals surface area contributed by atoms with E-state index in [1.807, 2.05) is 0 Å². The molecule has 2 unspecified atom stereocenters. The van der Waals surface area contributed by atoms with Crippen LogP contribution in [0.25, 0.3) is 33.4 Å². The lowest BCUT2D eigenvalue weighted by molar-refractivity contribution is -0.395. The van der Waals surface area contributed by atoms with Crippen LogP contribution in [0.4, 0.5) is 34.1 Å². The summed E-state index contributed by atoms with van der Waals surface area (Å²) in [7, 11) is 0. The second-order valence-electron chi connectivity index (χ2n) is 17.5. The van der Waals surface area contributed by atoms with Crippen LogP contribution in [0, 0.1) is 23.2 Å². The third-order valence-electron chi connectivity index (χ3n) is 14.9. The Balaban J connectivity index is 0.835. The lowest BCUT2D eigenvalue weighted by atomic mass is 9.12. The molecule has 12 rings (SSSR count). The van der Waals surface area contributed by atoms with Gasteiger partial charge in [0, 0.05) is 39.5 Å². The number of hydrogen-bond donors (Lipinski definition) is 0. The van der Waals surface area contributed by atoms with Crippen LogP contribution in [-0.2, 0) is 5.41 Å². The molecular weight excluding hydrogens is 713 g/mol. The van der Waals surface area contributed by atoms with E-state index in [4.69, 9.17) is 0 Å². The van der Waals surface area contributed by atoms with Crippen molar-refractivity contribution in [1.82, 2.24) is 0 Å². The molecule has 4 fully saturated rings. The molecule has 0 N–H and O–H groups in total. The molecule has 8 aromatic carbocycles. The van der Waals surface area contributed by atoms with Gasteiger partial charge in [0.1, 0.15) is 0 Å². The third kappa shape index (κ3) is 5.25. The van der Waals surface area contributed by atoms with Crippen molar-refractivity contribution in [3.8, 4) is 33.4 Å². The van der Waals surface area contributed by atoms with E-state index in [1.54, 1.807) is 5.56 Å². The maximum Gasteiger partial charge on any atom is 0.0462 e. The van der Waals surface area contributed by atoms with Gasteiger partial charge in [0.05, 0.1) is 0 Å². The zero-order valence-corrected chi connectivity index (χ0v) is 33.2. The molecule has 59 heavy (non-hydrogen) atoms. The van der Waals surface area contributed by atoms with Crippen molar-refractivity contribution in [3.63, 3.8) is 0 Å². The first-order chi connectivity index (χ1) is 29.2. The summed E-state index contributed by atoms with van der Waals surface area (Å²) in [6, 6.07) is 77.6. The molecule has 2 atom stereocenters. The number of para-hydroxylation sites is 1. The monoisotopic (exact) mass is 758 g/mol. The SMILES string of the molecule is c1ccc(-c2ccc(N(c3ccc(-c4ccccc4)cc3)c3ccc(-c4ccc(N(c5ccccc5)c5ccc(C67CC8CC9CC(C6)C987)cc5)cc4)cc3)cc2)cc1. The van der Waals surface area contributed by atoms with Crippen molar-refractivity contribution in [2.45, 2.75) is 31.1 Å². The molecule has 0 aromatic heterocycles. The molecule has 1 spiro atoms. The molecule has 2 nitrogen and oxygen atoms in total. The summed E-state index contributed by atoms with van der Waals surface area (Å²) in [6.45, 7) is 0. The Morgan fingerprint density at radius 2 is 0.576 bits per heavy atom. The van der Waals surface area contributed by atoms with E-state index in [0.717, 1.165) is 40.5 Å². The first-order valence-electron chi connectivity index (χ1n) is 21.5. The van der Waals surface area contributed by atoms with Crippen molar-refractivity contribution in [3.05, 3.63) is 218 Å². The van der Waals surface area contributed by atoms with Crippen LogP contribution in [0.2, 0.25) is 0 Å². The van der Waals surface area contributed by atoms with Gasteiger partial charge < -0.3 is 9.80 Å². The standard InChI is InChI=1S/C57H46N2/c1-4-10-40(11-5-1)42-16-26-52(27-17-42)59(53-28-18-43(19-29-53)41-12-6-2-7-13-41)54-32-22-45(23-33-54)44-20-30-51(31-21-44)58(50-14-8-3-9-15-50)55-34-24-46(25-35-55)56-38-48-36-47-37-49(39-56)57(47,48)56/h1-35,47-49H,36-39H2. The van der Waals surface area contributed by atoms with E-state index < -0.39 is 0 Å². The molecule has 0 saturated heterocycles. The minimum Gasteiger partial charge on any atom is -0.311 e. The number of hydrogen-bond acceptors (Lipinski definition) is 2. The zero-order chi connectivity index (χ0) is 39.0. The van der Waals surface area contributed by atoms with Crippen LogP contribution in [0.3, 0.4) is 0 Å². The van der Waals surface area contributed by atoms with Gasteiger partial charge in [0.2, 0.25) is 0 Å². The highest BCUT2D eigenvalue weighted by molar-refractivity contribution is 5.82. The van der Waals surface area contributed by atoms with Gasteiger partial charge in [-0.15, -0.1) is 0 Å². The molecule has 4 aliphatic rings. The van der Waals surface area contributed by atoms with E-state index in [1.165, 1.54) is 70.4 Å². The lowest BCUT2D eigenvalue weighted by Gasteiger charge is -2.91. The van der Waals surface area contributed by atoms with Crippen LogP contribution >= 0.6 is 0 Å². The summed E-state index contributed by atoms with van der Waals surface area (Å²) >= 11 is 0. The smallest absolute Gasteiger partial charge is 0.0462 e. The molecule has 0 heterocycles. The summed E-state index contributed by atoms with van der Waals surface area (Å²) in [4.78, 5) is 4.75. The highest BCUT2D eigenvalue weighted by Gasteiger charge is 2.87. The zero-order valence-electron chi connectivity index (χ0n) is 33.2. The Labute approximate surface area is 348 Å². The van der Waals surface area contributed by atoms with Gasteiger partial charge in [-0.05, 0) is 161 Å². The first-order valence-corrected chi connectivity index (χ1v) is 21.5. The summed E-state index contributed by atoms with van der Waals surface area (Å²) in [5.41, 5.74) is 16.9. The first kappa shape index (κ1) is 34.4. The van der Waals surface area contributed by atoms with Gasteiger partial charge in [-0.25, -0.2) is 0 Å². The molecule has 0 bridgehead atoms. The second-order valence-corrected chi connectivity index (χ2v) is 17.5. The topological polar surface area (TPSA) is 6.48 Å². The van der Waals surface area contributed by atoms with E-state index in [2.05, 4.69) is 222 Å². The Bertz CT molecular complexity index is 2630. The van der Waals surface area contributed by atoms with Crippen LogP contribution in [-0.4, -0.2) is 0 Å². The predicted octanol–water partition coefficient (Wildman–Crippen LogP) is 15.3. The normalized spacial score (nSPS) is 22.9. The third-order valence-corrected chi connectivity index (χ3v) is 14.9. The van der Waals surface area contributed by atoms with E-state index in [9.17, 15) is 0 Å². The number of benzene rings is 8. The van der Waals surface area contributed by atoms with E-state index >= 15 is 0 Å². The molecule has 2 heteroatoms. The van der Waals surface area contributed by atoms with E-state index in [0.29, 0.717) is 10.8 Å². The number of rotatable bonds is 10.